The van der Waals surface area contributed by atoms with Crippen LogP contribution >= 0.6 is 0 Å². The summed E-state index contributed by atoms with van der Waals surface area (Å²) in [5.41, 5.74) is 2.87. The van der Waals surface area contributed by atoms with Crippen LogP contribution in [0.1, 0.15) is 61.7 Å². The Kier molecular flexibility index (Phi) is 3.91. The molecule has 2 aromatic carbocycles. The van der Waals surface area contributed by atoms with E-state index in [1.54, 1.807) is 36.4 Å². The molecule has 0 saturated carbocycles. The van der Waals surface area contributed by atoms with Crippen molar-refractivity contribution in [1.82, 2.24) is 10.2 Å². The number of nitrogens with one attached hydrogen (secondary N) is 1. The average molecular weight is 362 g/mol. The third kappa shape index (κ3) is 2.65. The summed E-state index contributed by atoms with van der Waals surface area (Å²) >= 11 is 0. The molecule has 1 atom stereocenters. The predicted molar refractivity (Wildman–Crippen MR) is 98.5 cm³/mol. The number of rotatable bonds is 4. The third-order valence-electron chi connectivity index (χ3n) is 5.23. The maximum atomic E-state index is 12.7. The summed E-state index contributed by atoms with van der Waals surface area (Å²) in [5, 5.41) is 2.26. The number of imide groups is 2. The number of benzene rings is 2. The Hall–Kier alpha value is -3.28. The maximum Gasteiger partial charge on any atom is 0.261 e. The minimum Gasteiger partial charge on any atom is -0.288 e. The molecule has 2 aliphatic heterocycles. The second kappa shape index (κ2) is 6.16. The Balaban J connectivity index is 1.71. The minimum atomic E-state index is -0.427. The van der Waals surface area contributed by atoms with Crippen LogP contribution in [-0.2, 0) is 0 Å². The zero-order valence-corrected chi connectivity index (χ0v) is 15.0. The molecule has 0 radical (unpaired) electrons. The first-order valence-corrected chi connectivity index (χ1v) is 8.91. The van der Waals surface area contributed by atoms with Gasteiger partial charge in [-0.3, -0.25) is 29.4 Å². The van der Waals surface area contributed by atoms with Crippen LogP contribution in [0.2, 0.25) is 0 Å². The lowest BCUT2D eigenvalue weighted by Crippen LogP contribution is -2.33. The SMILES string of the molecule is CCC(C)CN1C(=O)c2ccc(-c3ccc4c(c3)C(=O)NC4=O)cc2C1=O. The van der Waals surface area contributed by atoms with Gasteiger partial charge in [-0.2, -0.15) is 0 Å². The lowest BCUT2D eigenvalue weighted by molar-refractivity contribution is 0.0630. The lowest BCUT2D eigenvalue weighted by Gasteiger charge is -2.17. The van der Waals surface area contributed by atoms with Gasteiger partial charge < -0.3 is 0 Å². The summed E-state index contributed by atoms with van der Waals surface area (Å²) < 4.78 is 0. The topological polar surface area (TPSA) is 83.6 Å². The smallest absolute Gasteiger partial charge is 0.261 e. The number of nitrogens with zero attached hydrogens (tertiary/aromatic N) is 1. The molecule has 27 heavy (non-hydrogen) atoms. The molecule has 2 aliphatic rings. The Bertz CT molecular complexity index is 1020. The van der Waals surface area contributed by atoms with Gasteiger partial charge in [-0.05, 0) is 41.3 Å². The molecule has 6 nitrogen and oxygen atoms in total. The second-order valence-corrected chi connectivity index (χ2v) is 7.04. The van der Waals surface area contributed by atoms with E-state index in [9.17, 15) is 19.2 Å². The van der Waals surface area contributed by atoms with Crippen molar-refractivity contribution >= 4 is 23.6 Å². The zero-order valence-electron chi connectivity index (χ0n) is 15.0. The first-order chi connectivity index (χ1) is 12.9. The van der Waals surface area contributed by atoms with E-state index in [-0.39, 0.29) is 17.7 Å². The van der Waals surface area contributed by atoms with E-state index >= 15 is 0 Å². The van der Waals surface area contributed by atoms with Crippen molar-refractivity contribution in [2.24, 2.45) is 5.92 Å². The number of amides is 4. The fraction of sp³-hybridized carbons (Fsp3) is 0.238. The molecule has 0 saturated heterocycles. The van der Waals surface area contributed by atoms with Crippen LogP contribution < -0.4 is 5.32 Å². The Morgan fingerprint density at radius 2 is 1.37 bits per heavy atom. The molecule has 1 unspecified atom stereocenters. The highest BCUT2D eigenvalue weighted by atomic mass is 16.2. The van der Waals surface area contributed by atoms with Gasteiger partial charge >= 0.3 is 0 Å². The van der Waals surface area contributed by atoms with Gasteiger partial charge in [0, 0.05) is 6.54 Å². The normalized spacial score (nSPS) is 16.4. The van der Waals surface area contributed by atoms with Crippen molar-refractivity contribution in [3.8, 4) is 11.1 Å². The Morgan fingerprint density at radius 3 is 2.04 bits per heavy atom. The summed E-state index contributed by atoms with van der Waals surface area (Å²) in [6.07, 6.45) is 0.883. The van der Waals surface area contributed by atoms with Crippen LogP contribution in [0.5, 0.6) is 0 Å². The van der Waals surface area contributed by atoms with Crippen molar-refractivity contribution in [2.75, 3.05) is 6.54 Å². The monoisotopic (exact) mass is 362 g/mol. The molecule has 4 rings (SSSR count). The lowest BCUT2D eigenvalue weighted by atomic mass is 9.97. The first-order valence-electron chi connectivity index (χ1n) is 8.91. The fourth-order valence-corrected chi connectivity index (χ4v) is 3.42. The number of carbonyl (C=O) groups excluding carboxylic acids is 4. The molecular weight excluding hydrogens is 344 g/mol. The molecular formula is C21H18N2O4. The molecule has 2 aromatic rings. The molecule has 0 spiro atoms. The van der Waals surface area contributed by atoms with Crippen molar-refractivity contribution in [1.29, 1.82) is 0 Å². The summed E-state index contributed by atoms with van der Waals surface area (Å²) in [6.45, 7) is 4.43. The number of hydrogen-bond donors (Lipinski definition) is 1. The molecule has 1 N–H and O–H groups in total. The highest BCUT2D eigenvalue weighted by Gasteiger charge is 2.36. The summed E-state index contributed by atoms with van der Waals surface area (Å²) in [7, 11) is 0. The van der Waals surface area contributed by atoms with Gasteiger partial charge in [-0.25, -0.2) is 0 Å². The van der Waals surface area contributed by atoms with E-state index in [1.165, 1.54) is 4.90 Å². The second-order valence-electron chi connectivity index (χ2n) is 7.04. The van der Waals surface area contributed by atoms with E-state index in [1.807, 2.05) is 13.8 Å². The summed E-state index contributed by atoms with van der Waals surface area (Å²) in [4.78, 5) is 50.1. The first kappa shape index (κ1) is 17.1. The number of fused-ring (bicyclic) bond motifs is 2. The number of hydrogen-bond acceptors (Lipinski definition) is 4. The molecule has 2 heterocycles. The molecule has 4 amide bonds. The molecule has 0 bridgehead atoms. The highest BCUT2D eigenvalue weighted by molar-refractivity contribution is 6.23. The van der Waals surface area contributed by atoms with E-state index in [0.717, 1.165) is 12.0 Å². The van der Waals surface area contributed by atoms with Crippen molar-refractivity contribution in [3.05, 3.63) is 58.7 Å². The van der Waals surface area contributed by atoms with Gasteiger partial charge in [0.2, 0.25) is 0 Å². The molecule has 6 heteroatoms. The van der Waals surface area contributed by atoms with E-state index in [4.69, 9.17) is 0 Å². The third-order valence-corrected chi connectivity index (χ3v) is 5.23. The highest BCUT2D eigenvalue weighted by Crippen LogP contribution is 2.31. The van der Waals surface area contributed by atoms with E-state index in [0.29, 0.717) is 34.4 Å². The van der Waals surface area contributed by atoms with Crippen molar-refractivity contribution in [2.45, 2.75) is 20.3 Å². The van der Waals surface area contributed by atoms with Crippen LogP contribution in [0.3, 0.4) is 0 Å². The van der Waals surface area contributed by atoms with Crippen LogP contribution in [0, 0.1) is 5.92 Å². The number of carbonyl (C=O) groups is 4. The largest absolute Gasteiger partial charge is 0.288 e. The van der Waals surface area contributed by atoms with Gasteiger partial charge in [-0.15, -0.1) is 0 Å². The van der Waals surface area contributed by atoms with Gasteiger partial charge in [0.1, 0.15) is 0 Å². The predicted octanol–water partition coefficient (Wildman–Crippen LogP) is 2.88. The zero-order chi connectivity index (χ0) is 19.3. The van der Waals surface area contributed by atoms with Crippen LogP contribution in [0.25, 0.3) is 11.1 Å². The van der Waals surface area contributed by atoms with E-state index < -0.39 is 11.8 Å². The molecule has 0 aromatic heterocycles. The average Bonchev–Trinajstić information content (AvgIpc) is 3.09. The molecule has 0 aliphatic carbocycles. The van der Waals surface area contributed by atoms with Crippen LogP contribution in [0.4, 0.5) is 0 Å². The molecule has 0 fully saturated rings. The summed E-state index contributed by atoms with van der Waals surface area (Å²) in [5.74, 6) is -1.15. The van der Waals surface area contributed by atoms with Crippen LogP contribution in [-0.4, -0.2) is 35.1 Å². The van der Waals surface area contributed by atoms with Gasteiger partial charge in [0.15, 0.2) is 0 Å². The Morgan fingerprint density at radius 1 is 0.815 bits per heavy atom. The quantitative estimate of drug-likeness (QED) is 0.848. The minimum absolute atomic E-state index is 0.236. The molecule has 136 valence electrons. The van der Waals surface area contributed by atoms with Gasteiger partial charge in [0.05, 0.1) is 22.3 Å². The maximum absolute atomic E-state index is 12.7. The van der Waals surface area contributed by atoms with Gasteiger partial charge in [0.25, 0.3) is 23.6 Å². The Labute approximate surface area is 156 Å². The van der Waals surface area contributed by atoms with Crippen LogP contribution in [0.15, 0.2) is 36.4 Å². The summed E-state index contributed by atoms with van der Waals surface area (Å²) in [6, 6.07) is 10.1. The standard InChI is InChI=1S/C21H18N2O4/c1-3-11(2)10-23-20(26)15-7-5-13(9-17(15)21(23)27)12-4-6-14-16(8-12)19(25)22-18(14)24/h4-9,11H,3,10H2,1-2H3,(H,22,24,25). The van der Waals surface area contributed by atoms with Gasteiger partial charge in [-0.1, -0.05) is 32.4 Å². The van der Waals surface area contributed by atoms with Crippen molar-refractivity contribution in [3.63, 3.8) is 0 Å². The van der Waals surface area contributed by atoms with E-state index in [2.05, 4.69) is 5.32 Å². The van der Waals surface area contributed by atoms with Crippen molar-refractivity contribution < 1.29 is 19.2 Å². The fourth-order valence-electron chi connectivity index (χ4n) is 3.42.